The van der Waals surface area contributed by atoms with Gasteiger partial charge in [0.05, 0.1) is 0 Å². The molecule has 0 amide bonds. The Balaban J connectivity index is 1.73. The van der Waals surface area contributed by atoms with Gasteiger partial charge >= 0.3 is 0 Å². The van der Waals surface area contributed by atoms with Crippen molar-refractivity contribution in [3.8, 4) is 0 Å². The molecule has 96 valence electrons. The molecule has 0 saturated heterocycles. The summed E-state index contributed by atoms with van der Waals surface area (Å²) < 4.78 is 1.95. The monoisotopic (exact) mass is 263 g/mol. The molecule has 1 aromatic carbocycles. The topological polar surface area (TPSA) is 29.9 Å². The SMILES string of the molecule is CC(NCCCn1cccn1)c1cccc(Cl)c1. The molecule has 0 bridgehead atoms. The third-order valence-corrected chi connectivity index (χ3v) is 3.16. The van der Waals surface area contributed by atoms with Gasteiger partial charge in [-0.15, -0.1) is 0 Å². The zero-order chi connectivity index (χ0) is 12.8. The molecule has 1 heterocycles. The number of hydrogen-bond acceptors (Lipinski definition) is 2. The Bertz CT molecular complexity index is 468. The number of nitrogens with one attached hydrogen (secondary N) is 1. The molecule has 1 aromatic heterocycles. The van der Waals surface area contributed by atoms with Crippen LogP contribution in [0.4, 0.5) is 0 Å². The molecule has 1 N–H and O–H groups in total. The van der Waals surface area contributed by atoms with E-state index in [1.807, 2.05) is 41.3 Å². The predicted octanol–water partition coefficient (Wildman–Crippen LogP) is 3.28. The van der Waals surface area contributed by atoms with Crippen molar-refractivity contribution in [3.05, 3.63) is 53.3 Å². The van der Waals surface area contributed by atoms with Crippen LogP contribution in [0, 0.1) is 0 Å². The smallest absolute Gasteiger partial charge is 0.0489 e. The highest BCUT2D eigenvalue weighted by molar-refractivity contribution is 6.30. The summed E-state index contributed by atoms with van der Waals surface area (Å²) >= 11 is 5.98. The number of benzene rings is 1. The second-order valence-electron chi connectivity index (χ2n) is 4.35. The quantitative estimate of drug-likeness (QED) is 0.811. The van der Waals surface area contributed by atoms with Crippen LogP contribution in [0.2, 0.25) is 5.02 Å². The van der Waals surface area contributed by atoms with E-state index in [1.165, 1.54) is 5.56 Å². The fraction of sp³-hybridized carbons (Fsp3) is 0.357. The molecule has 1 unspecified atom stereocenters. The third-order valence-electron chi connectivity index (χ3n) is 2.92. The minimum atomic E-state index is 0.321. The first kappa shape index (κ1) is 13.1. The lowest BCUT2D eigenvalue weighted by molar-refractivity contribution is 0.507. The molecule has 1 atom stereocenters. The number of aromatic nitrogens is 2. The van der Waals surface area contributed by atoms with Crippen molar-refractivity contribution in [1.82, 2.24) is 15.1 Å². The lowest BCUT2D eigenvalue weighted by atomic mass is 10.1. The molecule has 0 aliphatic heterocycles. The van der Waals surface area contributed by atoms with Crippen LogP contribution in [0.25, 0.3) is 0 Å². The van der Waals surface area contributed by atoms with Crippen LogP contribution in [-0.2, 0) is 6.54 Å². The molecule has 0 fully saturated rings. The van der Waals surface area contributed by atoms with Crippen LogP contribution < -0.4 is 5.32 Å². The summed E-state index contributed by atoms with van der Waals surface area (Å²) in [5, 5.41) is 8.45. The minimum Gasteiger partial charge on any atom is -0.310 e. The molecule has 0 saturated carbocycles. The van der Waals surface area contributed by atoms with E-state index >= 15 is 0 Å². The van der Waals surface area contributed by atoms with Crippen LogP contribution >= 0.6 is 11.6 Å². The molecule has 2 rings (SSSR count). The Labute approximate surface area is 113 Å². The Morgan fingerprint density at radius 2 is 2.28 bits per heavy atom. The molecular weight excluding hydrogens is 246 g/mol. The second-order valence-corrected chi connectivity index (χ2v) is 4.79. The lowest BCUT2D eigenvalue weighted by Crippen LogP contribution is -2.21. The summed E-state index contributed by atoms with van der Waals surface area (Å²) in [6.45, 7) is 4.06. The molecule has 0 radical (unpaired) electrons. The predicted molar refractivity (Wildman–Crippen MR) is 74.7 cm³/mol. The first-order valence-corrected chi connectivity index (χ1v) is 6.60. The van der Waals surface area contributed by atoms with E-state index in [-0.39, 0.29) is 0 Å². The second kappa shape index (κ2) is 6.57. The van der Waals surface area contributed by atoms with Crippen LogP contribution in [-0.4, -0.2) is 16.3 Å². The summed E-state index contributed by atoms with van der Waals surface area (Å²) in [5.41, 5.74) is 1.22. The molecule has 0 spiro atoms. The Morgan fingerprint density at radius 3 is 3.00 bits per heavy atom. The van der Waals surface area contributed by atoms with Gasteiger partial charge in [-0.25, -0.2) is 0 Å². The Morgan fingerprint density at radius 1 is 1.39 bits per heavy atom. The number of rotatable bonds is 6. The van der Waals surface area contributed by atoms with Gasteiger partial charge in [-0.2, -0.15) is 5.10 Å². The molecule has 0 aliphatic carbocycles. The first-order valence-electron chi connectivity index (χ1n) is 6.22. The fourth-order valence-corrected chi connectivity index (χ4v) is 2.08. The van der Waals surface area contributed by atoms with E-state index in [9.17, 15) is 0 Å². The van der Waals surface area contributed by atoms with Gasteiger partial charge in [-0.05, 0) is 43.7 Å². The maximum atomic E-state index is 5.98. The van der Waals surface area contributed by atoms with Crippen LogP contribution in [0.1, 0.15) is 24.9 Å². The largest absolute Gasteiger partial charge is 0.310 e. The summed E-state index contributed by atoms with van der Waals surface area (Å²) in [7, 11) is 0. The van der Waals surface area contributed by atoms with Gasteiger partial charge in [-0.3, -0.25) is 4.68 Å². The highest BCUT2D eigenvalue weighted by atomic mass is 35.5. The van der Waals surface area contributed by atoms with Gasteiger partial charge in [-0.1, -0.05) is 23.7 Å². The molecule has 2 aromatic rings. The van der Waals surface area contributed by atoms with Gasteiger partial charge in [0.15, 0.2) is 0 Å². The zero-order valence-electron chi connectivity index (χ0n) is 10.5. The molecule has 18 heavy (non-hydrogen) atoms. The van der Waals surface area contributed by atoms with Crippen molar-refractivity contribution in [2.24, 2.45) is 0 Å². The van der Waals surface area contributed by atoms with Crippen LogP contribution in [0.15, 0.2) is 42.7 Å². The van der Waals surface area contributed by atoms with Gasteiger partial charge in [0.2, 0.25) is 0 Å². The van der Waals surface area contributed by atoms with Crippen molar-refractivity contribution in [3.63, 3.8) is 0 Å². The van der Waals surface area contributed by atoms with Crippen molar-refractivity contribution in [2.75, 3.05) is 6.54 Å². The molecule has 0 aliphatic rings. The highest BCUT2D eigenvalue weighted by Crippen LogP contribution is 2.17. The van der Waals surface area contributed by atoms with E-state index < -0.39 is 0 Å². The number of nitrogens with zero attached hydrogens (tertiary/aromatic N) is 2. The van der Waals surface area contributed by atoms with Gasteiger partial charge in [0, 0.05) is 30.0 Å². The van der Waals surface area contributed by atoms with Crippen molar-refractivity contribution >= 4 is 11.6 Å². The maximum Gasteiger partial charge on any atom is 0.0489 e. The van der Waals surface area contributed by atoms with Crippen LogP contribution in [0.5, 0.6) is 0 Å². The lowest BCUT2D eigenvalue weighted by Gasteiger charge is -2.14. The van der Waals surface area contributed by atoms with E-state index in [1.54, 1.807) is 0 Å². The fourth-order valence-electron chi connectivity index (χ4n) is 1.89. The van der Waals surface area contributed by atoms with Gasteiger partial charge in [0.1, 0.15) is 0 Å². The molecule has 4 heteroatoms. The van der Waals surface area contributed by atoms with E-state index in [4.69, 9.17) is 11.6 Å². The summed E-state index contributed by atoms with van der Waals surface area (Å²) in [5.74, 6) is 0. The summed E-state index contributed by atoms with van der Waals surface area (Å²) in [4.78, 5) is 0. The average molecular weight is 264 g/mol. The first-order chi connectivity index (χ1) is 8.75. The summed E-state index contributed by atoms with van der Waals surface area (Å²) in [6, 6.07) is 10.3. The van der Waals surface area contributed by atoms with Gasteiger partial charge < -0.3 is 5.32 Å². The Kier molecular flexibility index (Phi) is 4.79. The van der Waals surface area contributed by atoms with Crippen molar-refractivity contribution in [2.45, 2.75) is 25.9 Å². The number of halogens is 1. The maximum absolute atomic E-state index is 5.98. The van der Waals surface area contributed by atoms with Gasteiger partial charge in [0.25, 0.3) is 0 Å². The van der Waals surface area contributed by atoms with Crippen LogP contribution in [0.3, 0.4) is 0 Å². The van der Waals surface area contributed by atoms with E-state index in [0.717, 1.165) is 24.5 Å². The minimum absolute atomic E-state index is 0.321. The molecular formula is C14H18ClN3. The highest BCUT2D eigenvalue weighted by Gasteiger charge is 2.04. The van der Waals surface area contributed by atoms with E-state index in [0.29, 0.717) is 6.04 Å². The standard InChI is InChI=1S/C14H18ClN3/c1-12(13-5-2-6-14(15)11-13)16-7-3-9-18-10-4-8-17-18/h2,4-6,8,10-12,16H,3,7,9H2,1H3. The Hall–Kier alpha value is -1.32. The third kappa shape index (κ3) is 3.86. The molecule has 3 nitrogen and oxygen atoms in total. The van der Waals surface area contributed by atoms with Crippen molar-refractivity contribution in [1.29, 1.82) is 0 Å². The summed E-state index contributed by atoms with van der Waals surface area (Å²) in [6.07, 6.45) is 4.86. The van der Waals surface area contributed by atoms with Crippen molar-refractivity contribution < 1.29 is 0 Å². The zero-order valence-corrected chi connectivity index (χ0v) is 11.3. The number of aryl methyl sites for hydroxylation is 1. The number of hydrogen-bond donors (Lipinski definition) is 1. The normalized spacial score (nSPS) is 12.6. The average Bonchev–Trinajstić information content (AvgIpc) is 2.87. The van der Waals surface area contributed by atoms with E-state index in [2.05, 4.69) is 23.4 Å².